The largest absolute Gasteiger partial charge is 0.490 e. The summed E-state index contributed by atoms with van der Waals surface area (Å²) in [7, 11) is 0. The van der Waals surface area contributed by atoms with Crippen molar-refractivity contribution >= 4 is 18.0 Å². The fourth-order valence-electron chi connectivity index (χ4n) is 1.87. The number of primary amides is 1. The van der Waals surface area contributed by atoms with E-state index in [0.29, 0.717) is 29.2 Å². The van der Waals surface area contributed by atoms with Crippen molar-refractivity contribution in [1.29, 1.82) is 0 Å². The molecule has 0 unspecified atom stereocenters. The van der Waals surface area contributed by atoms with Gasteiger partial charge in [0.25, 0.3) is 11.8 Å². The molecule has 1 heterocycles. The van der Waals surface area contributed by atoms with Crippen LogP contribution in [-0.2, 0) is 4.79 Å². The lowest BCUT2D eigenvalue weighted by atomic mass is 10.2. The predicted molar refractivity (Wildman–Crippen MR) is 91.6 cm³/mol. The van der Waals surface area contributed by atoms with Gasteiger partial charge in [-0.25, -0.2) is 5.43 Å². The average Bonchev–Trinajstić information content (AvgIpc) is 2.62. The molecule has 1 aromatic heterocycles. The number of nitrogens with one attached hydrogen (secondary N) is 1. The average molecular weight is 342 g/mol. The lowest BCUT2D eigenvalue weighted by Gasteiger charge is -2.11. The van der Waals surface area contributed by atoms with E-state index in [9.17, 15) is 9.59 Å². The van der Waals surface area contributed by atoms with Gasteiger partial charge < -0.3 is 15.2 Å². The van der Waals surface area contributed by atoms with Crippen LogP contribution in [0.15, 0.2) is 47.8 Å². The Labute approximate surface area is 144 Å². The molecule has 0 aliphatic carbocycles. The van der Waals surface area contributed by atoms with Crippen LogP contribution < -0.4 is 20.6 Å². The van der Waals surface area contributed by atoms with Crippen molar-refractivity contribution in [2.24, 2.45) is 10.8 Å². The minimum absolute atomic E-state index is 0.241. The molecule has 2 aromatic rings. The summed E-state index contributed by atoms with van der Waals surface area (Å²) < 4.78 is 10.8. The fraction of sp³-hybridized carbons (Fsp3) is 0.176. The topological polar surface area (TPSA) is 116 Å². The molecule has 0 spiro atoms. The number of benzene rings is 1. The zero-order valence-electron chi connectivity index (χ0n) is 13.6. The number of nitrogens with two attached hydrogens (primary N) is 1. The highest BCUT2D eigenvalue weighted by Crippen LogP contribution is 2.27. The highest BCUT2D eigenvalue weighted by molar-refractivity contribution is 5.94. The zero-order valence-corrected chi connectivity index (χ0v) is 13.6. The van der Waals surface area contributed by atoms with Gasteiger partial charge in [-0.3, -0.25) is 14.6 Å². The van der Waals surface area contributed by atoms with Gasteiger partial charge in [0, 0.05) is 12.4 Å². The quantitative estimate of drug-likeness (QED) is 0.551. The van der Waals surface area contributed by atoms with E-state index < -0.39 is 5.91 Å². The smallest absolute Gasteiger partial charge is 0.272 e. The van der Waals surface area contributed by atoms with Crippen molar-refractivity contribution < 1.29 is 19.1 Å². The minimum Gasteiger partial charge on any atom is -0.490 e. The normalized spacial score (nSPS) is 10.4. The van der Waals surface area contributed by atoms with Crippen molar-refractivity contribution in [3.8, 4) is 11.5 Å². The summed E-state index contributed by atoms with van der Waals surface area (Å²) in [4.78, 5) is 26.5. The first-order chi connectivity index (χ1) is 12.1. The third-order valence-electron chi connectivity index (χ3n) is 2.94. The second-order valence-corrected chi connectivity index (χ2v) is 4.83. The third-order valence-corrected chi connectivity index (χ3v) is 2.94. The third kappa shape index (κ3) is 5.61. The molecule has 0 aliphatic heterocycles. The Morgan fingerprint density at radius 2 is 2.12 bits per heavy atom. The van der Waals surface area contributed by atoms with Gasteiger partial charge in [-0.15, -0.1) is 0 Å². The Bertz CT molecular complexity index is 762. The molecular formula is C17H18N4O4. The lowest BCUT2D eigenvalue weighted by molar-refractivity contribution is -0.119. The molecule has 0 fully saturated rings. The van der Waals surface area contributed by atoms with Crippen LogP contribution in [0.4, 0.5) is 0 Å². The molecular weight excluding hydrogens is 324 g/mol. The van der Waals surface area contributed by atoms with Crippen LogP contribution in [0, 0.1) is 0 Å². The number of carbonyl (C=O) groups excluding carboxylic acids is 2. The van der Waals surface area contributed by atoms with Gasteiger partial charge in [-0.05, 0) is 42.8 Å². The summed E-state index contributed by atoms with van der Waals surface area (Å²) in [5.74, 6) is -0.0922. The van der Waals surface area contributed by atoms with E-state index in [4.69, 9.17) is 15.2 Å². The highest BCUT2D eigenvalue weighted by atomic mass is 16.5. The Kier molecular flexibility index (Phi) is 6.47. The van der Waals surface area contributed by atoms with Gasteiger partial charge >= 0.3 is 0 Å². The molecule has 0 bridgehead atoms. The van der Waals surface area contributed by atoms with E-state index in [-0.39, 0.29) is 12.5 Å². The number of pyridine rings is 1. The standard InChI is InChI=1S/C17H18N4O4/c1-2-24-15-8-12(5-6-14(15)25-11-16(18)22)9-20-21-17(23)13-4-3-7-19-10-13/h3-10H,2,11H2,1H3,(H2,18,22)(H,21,23)/b20-9+. The van der Waals surface area contributed by atoms with Crippen LogP contribution in [0.5, 0.6) is 11.5 Å². The van der Waals surface area contributed by atoms with Crippen molar-refractivity contribution in [1.82, 2.24) is 10.4 Å². The first-order valence-electron chi connectivity index (χ1n) is 7.51. The van der Waals surface area contributed by atoms with Gasteiger partial charge in [-0.1, -0.05) is 0 Å². The minimum atomic E-state index is -0.578. The number of hydrogen-bond acceptors (Lipinski definition) is 6. The van der Waals surface area contributed by atoms with Crippen molar-refractivity contribution in [2.45, 2.75) is 6.92 Å². The zero-order chi connectivity index (χ0) is 18.1. The van der Waals surface area contributed by atoms with E-state index >= 15 is 0 Å². The molecule has 2 amide bonds. The van der Waals surface area contributed by atoms with E-state index in [0.717, 1.165) is 0 Å². The van der Waals surface area contributed by atoms with Crippen LogP contribution in [0.2, 0.25) is 0 Å². The number of hydrogen-bond donors (Lipinski definition) is 2. The summed E-state index contributed by atoms with van der Waals surface area (Å²) in [5.41, 5.74) is 8.57. The van der Waals surface area contributed by atoms with Crippen LogP contribution in [0.3, 0.4) is 0 Å². The first kappa shape index (κ1) is 17.9. The van der Waals surface area contributed by atoms with Crippen LogP contribution >= 0.6 is 0 Å². The number of aromatic nitrogens is 1. The van der Waals surface area contributed by atoms with Gasteiger partial charge in [0.1, 0.15) is 0 Å². The number of amides is 2. The maximum absolute atomic E-state index is 11.9. The molecule has 130 valence electrons. The number of hydrazone groups is 1. The van der Waals surface area contributed by atoms with Crippen molar-refractivity contribution in [3.63, 3.8) is 0 Å². The van der Waals surface area contributed by atoms with E-state index in [1.807, 2.05) is 6.92 Å². The van der Waals surface area contributed by atoms with Crippen LogP contribution in [-0.4, -0.2) is 36.2 Å². The fourth-order valence-corrected chi connectivity index (χ4v) is 1.87. The summed E-state index contributed by atoms with van der Waals surface area (Å²) in [6.45, 7) is 2.01. The monoisotopic (exact) mass is 342 g/mol. The number of nitrogens with zero attached hydrogens (tertiary/aromatic N) is 2. The van der Waals surface area contributed by atoms with Crippen molar-refractivity contribution in [3.05, 3.63) is 53.9 Å². The summed E-state index contributed by atoms with van der Waals surface area (Å²) in [6.07, 6.45) is 4.49. The SMILES string of the molecule is CCOc1cc(/C=N/NC(=O)c2cccnc2)ccc1OCC(N)=O. The maximum atomic E-state index is 11.9. The lowest BCUT2D eigenvalue weighted by Crippen LogP contribution is -2.20. The molecule has 8 heteroatoms. The van der Waals surface area contributed by atoms with E-state index in [2.05, 4.69) is 15.5 Å². The maximum Gasteiger partial charge on any atom is 0.272 e. The second kappa shape index (κ2) is 9.02. The molecule has 1 aromatic carbocycles. The molecule has 25 heavy (non-hydrogen) atoms. The number of ether oxygens (including phenoxy) is 2. The van der Waals surface area contributed by atoms with Gasteiger partial charge in [0.2, 0.25) is 0 Å². The Morgan fingerprint density at radius 1 is 1.28 bits per heavy atom. The Morgan fingerprint density at radius 3 is 2.80 bits per heavy atom. The second-order valence-electron chi connectivity index (χ2n) is 4.83. The van der Waals surface area contributed by atoms with Gasteiger partial charge in [0.05, 0.1) is 18.4 Å². The summed E-state index contributed by atoms with van der Waals surface area (Å²) in [6, 6.07) is 8.32. The van der Waals surface area contributed by atoms with Crippen LogP contribution in [0.1, 0.15) is 22.8 Å². The first-order valence-corrected chi connectivity index (χ1v) is 7.51. The van der Waals surface area contributed by atoms with E-state index in [1.54, 1.807) is 36.5 Å². The molecule has 2 rings (SSSR count). The van der Waals surface area contributed by atoms with E-state index in [1.165, 1.54) is 12.4 Å². The predicted octanol–water partition coefficient (Wildman–Crippen LogP) is 1.11. The molecule has 0 aliphatic rings. The van der Waals surface area contributed by atoms with Gasteiger partial charge in [0.15, 0.2) is 18.1 Å². The molecule has 0 saturated carbocycles. The highest BCUT2D eigenvalue weighted by Gasteiger charge is 2.07. The molecule has 3 N–H and O–H groups in total. The van der Waals surface area contributed by atoms with Crippen molar-refractivity contribution in [2.75, 3.05) is 13.2 Å². The summed E-state index contributed by atoms with van der Waals surface area (Å²) >= 11 is 0. The Hall–Kier alpha value is -3.42. The molecule has 0 radical (unpaired) electrons. The van der Waals surface area contributed by atoms with Crippen LogP contribution in [0.25, 0.3) is 0 Å². The summed E-state index contributed by atoms with van der Waals surface area (Å²) in [5, 5.41) is 3.90. The Balaban J connectivity index is 2.04. The molecule has 0 atom stereocenters. The molecule has 0 saturated heterocycles. The number of carbonyl (C=O) groups is 2. The molecule has 8 nitrogen and oxygen atoms in total. The van der Waals surface area contributed by atoms with Gasteiger partial charge in [-0.2, -0.15) is 5.10 Å². The number of rotatable bonds is 8.